The van der Waals surface area contributed by atoms with Crippen LogP contribution in [0.5, 0.6) is 0 Å². The number of amides is 1. The third-order valence-electron chi connectivity index (χ3n) is 4.81. The number of hydrogen-bond acceptors (Lipinski definition) is 4. The second-order valence-corrected chi connectivity index (χ2v) is 6.12. The molecule has 2 unspecified atom stereocenters. The highest BCUT2D eigenvalue weighted by atomic mass is 16.2. The van der Waals surface area contributed by atoms with Crippen LogP contribution in [0.4, 0.5) is 0 Å². The van der Waals surface area contributed by atoms with Crippen molar-refractivity contribution in [3.63, 3.8) is 0 Å². The molecule has 0 aliphatic carbocycles. The summed E-state index contributed by atoms with van der Waals surface area (Å²) in [6, 6.07) is 9.96. The lowest BCUT2D eigenvalue weighted by atomic mass is 10.1. The van der Waals surface area contributed by atoms with Crippen molar-refractivity contribution in [1.82, 2.24) is 19.4 Å². The molecular weight excluding hydrogens is 290 g/mol. The summed E-state index contributed by atoms with van der Waals surface area (Å²) >= 11 is 0. The van der Waals surface area contributed by atoms with Crippen LogP contribution >= 0.6 is 0 Å². The Kier molecular flexibility index (Phi) is 3.27. The van der Waals surface area contributed by atoms with Crippen LogP contribution in [0.25, 0.3) is 5.69 Å². The minimum atomic E-state index is -0.0352. The maximum absolute atomic E-state index is 12.8. The number of carbonyl (C=O) groups is 1. The molecule has 1 aromatic carbocycles. The molecule has 2 aromatic rings. The molecule has 0 radical (unpaired) electrons. The lowest BCUT2D eigenvalue weighted by molar-refractivity contribution is 0.0726. The van der Waals surface area contributed by atoms with Crippen LogP contribution in [-0.4, -0.2) is 50.9 Å². The van der Waals surface area contributed by atoms with E-state index < -0.39 is 0 Å². The number of para-hydroxylation sites is 1. The van der Waals surface area contributed by atoms with Crippen molar-refractivity contribution in [2.45, 2.75) is 12.5 Å². The maximum atomic E-state index is 12.8. The van der Waals surface area contributed by atoms with Gasteiger partial charge in [-0.15, -0.1) is 0 Å². The fourth-order valence-electron chi connectivity index (χ4n) is 3.62. The Morgan fingerprint density at radius 1 is 1.26 bits per heavy atom. The third-order valence-corrected chi connectivity index (χ3v) is 4.81. The molecule has 6 heteroatoms. The molecule has 1 aromatic heterocycles. The molecule has 0 saturated carbocycles. The van der Waals surface area contributed by atoms with E-state index in [0.29, 0.717) is 18.2 Å². The molecular formula is C17H17N5O. The third kappa shape index (κ3) is 2.34. The first-order valence-corrected chi connectivity index (χ1v) is 7.81. The molecule has 2 saturated heterocycles. The molecule has 116 valence electrons. The number of nitrogens with zero attached hydrogens (tertiary/aromatic N) is 5. The van der Waals surface area contributed by atoms with Gasteiger partial charge in [0.15, 0.2) is 6.19 Å². The average Bonchev–Trinajstić information content (AvgIpc) is 3.30. The van der Waals surface area contributed by atoms with E-state index in [-0.39, 0.29) is 11.9 Å². The summed E-state index contributed by atoms with van der Waals surface area (Å²) in [5.41, 5.74) is 1.44. The van der Waals surface area contributed by atoms with E-state index in [0.717, 1.165) is 25.2 Å². The first-order chi connectivity index (χ1) is 11.3. The van der Waals surface area contributed by atoms with Crippen molar-refractivity contribution in [2.24, 2.45) is 5.92 Å². The number of likely N-dealkylation sites (tertiary alicyclic amines) is 2. The van der Waals surface area contributed by atoms with Crippen LogP contribution in [0.2, 0.25) is 0 Å². The van der Waals surface area contributed by atoms with Crippen LogP contribution in [-0.2, 0) is 0 Å². The first-order valence-electron chi connectivity index (χ1n) is 7.81. The summed E-state index contributed by atoms with van der Waals surface area (Å²) < 4.78 is 1.86. The van der Waals surface area contributed by atoms with E-state index in [1.165, 1.54) is 0 Å². The molecule has 2 aliphatic rings. The fraction of sp³-hybridized carbons (Fsp3) is 0.353. The zero-order valence-electron chi connectivity index (χ0n) is 12.7. The molecule has 0 spiro atoms. The summed E-state index contributed by atoms with van der Waals surface area (Å²) in [6.45, 7) is 2.17. The molecule has 3 heterocycles. The molecule has 1 amide bonds. The number of hydrogen-bond donors (Lipinski definition) is 0. The number of imidazole rings is 1. The van der Waals surface area contributed by atoms with E-state index in [2.05, 4.69) is 11.2 Å². The molecule has 6 nitrogen and oxygen atoms in total. The summed E-state index contributed by atoms with van der Waals surface area (Å²) in [5.74, 6) is 0.377. The number of carbonyl (C=O) groups excluding carboxylic acids is 1. The van der Waals surface area contributed by atoms with Crippen LogP contribution < -0.4 is 0 Å². The van der Waals surface area contributed by atoms with Crippen molar-refractivity contribution < 1.29 is 4.79 Å². The van der Waals surface area contributed by atoms with Crippen molar-refractivity contribution in [3.8, 4) is 11.9 Å². The Morgan fingerprint density at radius 2 is 2.09 bits per heavy atom. The Bertz CT molecular complexity index is 763. The second-order valence-electron chi connectivity index (χ2n) is 6.12. The summed E-state index contributed by atoms with van der Waals surface area (Å²) in [7, 11) is 0. The molecule has 23 heavy (non-hydrogen) atoms. The highest BCUT2D eigenvalue weighted by Gasteiger charge is 2.43. The van der Waals surface area contributed by atoms with Crippen LogP contribution in [0, 0.1) is 17.4 Å². The summed E-state index contributed by atoms with van der Waals surface area (Å²) in [4.78, 5) is 20.7. The van der Waals surface area contributed by atoms with Gasteiger partial charge in [-0.3, -0.25) is 4.79 Å². The van der Waals surface area contributed by atoms with E-state index in [1.54, 1.807) is 17.4 Å². The van der Waals surface area contributed by atoms with Crippen LogP contribution in [0.15, 0.2) is 42.9 Å². The number of fused-ring (bicyclic) bond motifs is 1. The zero-order valence-corrected chi connectivity index (χ0v) is 12.7. The normalized spacial score (nSPS) is 22.9. The Balaban J connectivity index is 1.54. The van der Waals surface area contributed by atoms with Gasteiger partial charge in [-0.1, -0.05) is 18.2 Å². The number of rotatable bonds is 2. The summed E-state index contributed by atoms with van der Waals surface area (Å²) in [6.07, 6.45) is 6.61. The van der Waals surface area contributed by atoms with Crippen LogP contribution in [0.1, 0.15) is 16.9 Å². The first kappa shape index (κ1) is 13.8. The van der Waals surface area contributed by atoms with Gasteiger partial charge in [-0.05, 0) is 18.6 Å². The van der Waals surface area contributed by atoms with E-state index in [4.69, 9.17) is 5.26 Å². The van der Waals surface area contributed by atoms with Crippen molar-refractivity contribution in [1.29, 1.82) is 5.26 Å². The smallest absolute Gasteiger partial charge is 0.274 e. The van der Waals surface area contributed by atoms with Gasteiger partial charge in [0, 0.05) is 37.4 Å². The minimum Gasteiger partial charge on any atom is -0.332 e. The molecule has 0 bridgehead atoms. The maximum Gasteiger partial charge on any atom is 0.274 e. The Hall–Kier alpha value is -2.81. The molecule has 2 atom stereocenters. The average molecular weight is 307 g/mol. The highest BCUT2D eigenvalue weighted by molar-refractivity contribution is 5.92. The van der Waals surface area contributed by atoms with Crippen molar-refractivity contribution >= 4 is 5.91 Å². The summed E-state index contributed by atoms with van der Waals surface area (Å²) in [5, 5.41) is 9.05. The minimum absolute atomic E-state index is 0.0352. The number of nitriles is 1. The quantitative estimate of drug-likeness (QED) is 0.789. The predicted molar refractivity (Wildman–Crippen MR) is 83.7 cm³/mol. The van der Waals surface area contributed by atoms with E-state index in [1.807, 2.05) is 39.8 Å². The SMILES string of the molecule is N#CN1CC2CCN(C(=O)c3cn(-c4ccccc4)cn3)C2C1. The van der Waals surface area contributed by atoms with Gasteiger partial charge in [0.05, 0.1) is 6.04 Å². The van der Waals surface area contributed by atoms with Crippen molar-refractivity contribution in [2.75, 3.05) is 19.6 Å². The Morgan fingerprint density at radius 3 is 2.87 bits per heavy atom. The van der Waals surface area contributed by atoms with Crippen LogP contribution in [0.3, 0.4) is 0 Å². The molecule has 2 fully saturated rings. The van der Waals surface area contributed by atoms with Gasteiger partial charge in [-0.25, -0.2) is 4.98 Å². The molecule has 2 aliphatic heterocycles. The van der Waals surface area contributed by atoms with Gasteiger partial charge in [-0.2, -0.15) is 5.26 Å². The second kappa shape index (κ2) is 5.43. The zero-order chi connectivity index (χ0) is 15.8. The number of aromatic nitrogens is 2. The highest BCUT2D eigenvalue weighted by Crippen LogP contribution is 2.32. The van der Waals surface area contributed by atoms with Gasteiger partial charge in [0.2, 0.25) is 0 Å². The van der Waals surface area contributed by atoms with E-state index >= 15 is 0 Å². The lowest BCUT2D eigenvalue weighted by Crippen LogP contribution is -2.39. The largest absolute Gasteiger partial charge is 0.332 e. The molecule has 0 N–H and O–H groups in total. The monoisotopic (exact) mass is 307 g/mol. The Labute approximate surface area is 134 Å². The predicted octanol–water partition coefficient (Wildman–Crippen LogP) is 1.50. The fourth-order valence-corrected chi connectivity index (χ4v) is 3.62. The molecule has 4 rings (SSSR count). The standard InChI is InChI=1S/C17H17N5O/c18-11-20-8-13-6-7-22(16(13)10-20)17(23)15-9-21(12-19-15)14-4-2-1-3-5-14/h1-5,9,12-13,16H,6-8,10H2. The van der Waals surface area contributed by atoms with Gasteiger partial charge in [0.1, 0.15) is 12.0 Å². The van der Waals surface area contributed by atoms with Gasteiger partial charge >= 0.3 is 0 Å². The van der Waals surface area contributed by atoms with Gasteiger partial charge in [0.25, 0.3) is 5.91 Å². The van der Waals surface area contributed by atoms with E-state index in [9.17, 15) is 4.79 Å². The lowest BCUT2D eigenvalue weighted by Gasteiger charge is -2.22. The number of benzene rings is 1. The van der Waals surface area contributed by atoms with Gasteiger partial charge < -0.3 is 14.4 Å². The topological polar surface area (TPSA) is 65.2 Å². The van der Waals surface area contributed by atoms with Crippen molar-refractivity contribution in [3.05, 3.63) is 48.5 Å².